The van der Waals surface area contributed by atoms with Crippen LogP contribution in [0.3, 0.4) is 0 Å². The standard InChI is InChI=1S/C26H23FN4OS2/c1-17(18-11-12-25-22(15-18)29-21-9-5-6-10-24(21)34-25)30-31-23(19-7-3-4-8-20(19)27)16-33-26(31)28-13-14-32-2/h3-12,15-16,29H,13-14H2,1-2H3/b28-26?,30-17-. The lowest BCUT2D eigenvalue weighted by Crippen LogP contribution is -2.16. The average molecular weight is 491 g/mol. The molecule has 0 fully saturated rings. The molecule has 172 valence electrons. The molecule has 2 heterocycles. The Morgan fingerprint density at radius 2 is 1.82 bits per heavy atom. The first-order valence-electron chi connectivity index (χ1n) is 10.8. The summed E-state index contributed by atoms with van der Waals surface area (Å²) < 4.78 is 21.5. The van der Waals surface area contributed by atoms with E-state index in [1.54, 1.807) is 35.7 Å². The molecular weight excluding hydrogens is 467 g/mol. The third kappa shape index (κ3) is 4.57. The number of para-hydroxylation sites is 1. The highest BCUT2D eigenvalue weighted by Crippen LogP contribution is 2.44. The van der Waals surface area contributed by atoms with E-state index in [0.717, 1.165) is 22.6 Å². The molecule has 0 spiro atoms. The molecule has 34 heavy (non-hydrogen) atoms. The number of aromatic nitrogens is 1. The number of thiazole rings is 1. The zero-order valence-corrected chi connectivity index (χ0v) is 20.4. The Bertz CT molecular complexity index is 1440. The molecule has 0 bridgehead atoms. The SMILES string of the molecule is COCCN=c1scc(-c2ccccc2F)n1/N=C(/C)c1ccc2c(c1)Nc1ccccc1S2. The van der Waals surface area contributed by atoms with Crippen LogP contribution in [-0.2, 0) is 4.74 Å². The lowest BCUT2D eigenvalue weighted by molar-refractivity contribution is 0.207. The van der Waals surface area contributed by atoms with E-state index in [4.69, 9.17) is 9.84 Å². The van der Waals surface area contributed by atoms with Gasteiger partial charge in [0.25, 0.3) is 0 Å². The molecular formula is C26H23FN4OS2. The Morgan fingerprint density at radius 1 is 1.03 bits per heavy atom. The largest absolute Gasteiger partial charge is 0.383 e. The highest BCUT2D eigenvalue weighted by atomic mass is 32.2. The van der Waals surface area contributed by atoms with E-state index in [9.17, 15) is 4.39 Å². The zero-order valence-electron chi connectivity index (χ0n) is 18.8. The summed E-state index contributed by atoms with van der Waals surface area (Å²) in [6, 6.07) is 21.3. The van der Waals surface area contributed by atoms with Gasteiger partial charge in [0, 0.05) is 27.8 Å². The summed E-state index contributed by atoms with van der Waals surface area (Å²) in [6.07, 6.45) is 0. The van der Waals surface area contributed by atoms with Crippen molar-refractivity contribution in [1.82, 2.24) is 4.68 Å². The summed E-state index contributed by atoms with van der Waals surface area (Å²) in [7, 11) is 1.64. The van der Waals surface area contributed by atoms with Crippen molar-refractivity contribution < 1.29 is 9.13 Å². The van der Waals surface area contributed by atoms with E-state index in [0.29, 0.717) is 29.2 Å². The van der Waals surface area contributed by atoms with Crippen LogP contribution in [0.15, 0.2) is 92.0 Å². The molecule has 0 atom stereocenters. The van der Waals surface area contributed by atoms with Crippen LogP contribution in [-0.4, -0.2) is 30.6 Å². The monoisotopic (exact) mass is 490 g/mol. The van der Waals surface area contributed by atoms with E-state index < -0.39 is 0 Å². The second kappa shape index (κ2) is 9.97. The van der Waals surface area contributed by atoms with E-state index in [-0.39, 0.29) is 5.82 Å². The molecule has 5 nitrogen and oxygen atoms in total. The van der Waals surface area contributed by atoms with Crippen molar-refractivity contribution in [2.24, 2.45) is 10.1 Å². The number of hydrogen-bond donors (Lipinski definition) is 1. The minimum atomic E-state index is -0.293. The predicted octanol–water partition coefficient (Wildman–Crippen LogP) is 6.38. The molecule has 4 aromatic rings. The smallest absolute Gasteiger partial charge is 0.206 e. The van der Waals surface area contributed by atoms with Gasteiger partial charge in [-0.15, -0.1) is 11.3 Å². The van der Waals surface area contributed by atoms with Crippen LogP contribution in [0.1, 0.15) is 12.5 Å². The number of halogens is 1. The summed E-state index contributed by atoms with van der Waals surface area (Å²) in [4.78, 5) is 7.69. The molecule has 1 aromatic heterocycles. The Balaban J connectivity index is 1.55. The lowest BCUT2D eigenvalue weighted by Gasteiger charge is -2.21. The molecule has 0 saturated carbocycles. The Morgan fingerprint density at radius 3 is 2.68 bits per heavy atom. The normalized spacial score (nSPS) is 13.4. The van der Waals surface area contributed by atoms with Gasteiger partial charge in [0.2, 0.25) is 4.80 Å². The number of benzene rings is 3. The maximum absolute atomic E-state index is 14.6. The molecule has 1 N–H and O–H groups in total. The van der Waals surface area contributed by atoms with Gasteiger partial charge in [0.05, 0.1) is 35.9 Å². The van der Waals surface area contributed by atoms with E-state index >= 15 is 0 Å². The highest BCUT2D eigenvalue weighted by molar-refractivity contribution is 7.99. The molecule has 0 amide bonds. The minimum absolute atomic E-state index is 0.293. The van der Waals surface area contributed by atoms with Crippen molar-refractivity contribution in [2.45, 2.75) is 16.7 Å². The average Bonchev–Trinajstić information content (AvgIpc) is 3.24. The number of fused-ring (bicyclic) bond motifs is 2. The number of nitrogens with zero attached hydrogens (tertiary/aromatic N) is 3. The van der Waals surface area contributed by atoms with Crippen LogP contribution in [0.5, 0.6) is 0 Å². The first kappa shape index (κ1) is 22.6. The number of methoxy groups -OCH3 is 1. The molecule has 8 heteroatoms. The van der Waals surface area contributed by atoms with Crippen LogP contribution >= 0.6 is 23.1 Å². The van der Waals surface area contributed by atoms with Gasteiger partial charge in [-0.25, -0.2) is 9.07 Å². The van der Waals surface area contributed by atoms with Gasteiger partial charge < -0.3 is 10.1 Å². The molecule has 5 rings (SSSR count). The molecule has 3 aromatic carbocycles. The summed E-state index contributed by atoms with van der Waals surface area (Å²) >= 11 is 3.18. The number of hydrogen-bond acceptors (Lipinski definition) is 6. The Hall–Kier alpha value is -3.20. The maximum Gasteiger partial charge on any atom is 0.206 e. The van der Waals surface area contributed by atoms with Crippen LogP contribution < -0.4 is 10.1 Å². The fourth-order valence-corrected chi connectivity index (χ4v) is 5.48. The van der Waals surface area contributed by atoms with E-state index in [2.05, 4.69) is 40.6 Å². The second-order valence-electron chi connectivity index (χ2n) is 7.69. The van der Waals surface area contributed by atoms with E-state index in [1.165, 1.54) is 27.2 Å². The van der Waals surface area contributed by atoms with E-state index in [1.807, 2.05) is 30.5 Å². The number of anilines is 2. The van der Waals surface area contributed by atoms with Crippen molar-refractivity contribution in [3.05, 3.63) is 88.3 Å². The third-order valence-corrected chi connectivity index (χ3v) is 7.41. The fourth-order valence-electron chi connectivity index (χ4n) is 3.66. The highest BCUT2D eigenvalue weighted by Gasteiger charge is 2.17. The number of rotatable bonds is 6. The zero-order chi connectivity index (χ0) is 23.5. The van der Waals surface area contributed by atoms with Gasteiger partial charge in [0.1, 0.15) is 5.82 Å². The molecule has 0 aliphatic carbocycles. The summed E-state index contributed by atoms with van der Waals surface area (Å²) in [5.41, 5.74) is 5.08. The summed E-state index contributed by atoms with van der Waals surface area (Å²) in [5.74, 6) is -0.293. The molecule has 1 aliphatic rings. The van der Waals surface area contributed by atoms with Crippen molar-refractivity contribution >= 4 is 40.2 Å². The molecule has 0 radical (unpaired) electrons. The maximum atomic E-state index is 14.6. The van der Waals surface area contributed by atoms with Crippen LogP contribution in [0, 0.1) is 5.82 Å². The Kier molecular flexibility index (Phi) is 6.62. The first-order chi connectivity index (χ1) is 16.6. The van der Waals surface area contributed by atoms with Crippen LogP contribution in [0.2, 0.25) is 0 Å². The Labute approximate surface area is 205 Å². The summed E-state index contributed by atoms with van der Waals surface area (Å²) in [5, 5.41) is 10.3. The fraction of sp³-hybridized carbons (Fsp3) is 0.154. The predicted molar refractivity (Wildman–Crippen MR) is 138 cm³/mol. The van der Waals surface area contributed by atoms with Gasteiger partial charge in [0.15, 0.2) is 0 Å². The number of ether oxygens (including phenoxy) is 1. The minimum Gasteiger partial charge on any atom is -0.383 e. The molecule has 1 aliphatic heterocycles. The van der Waals surface area contributed by atoms with Gasteiger partial charge in [-0.1, -0.05) is 42.1 Å². The second-order valence-corrected chi connectivity index (χ2v) is 9.61. The summed E-state index contributed by atoms with van der Waals surface area (Å²) in [6.45, 7) is 2.97. The van der Waals surface area contributed by atoms with Gasteiger partial charge in [-0.05, 0) is 48.9 Å². The first-order valence-corrected chi connectivity index (χ1v) is 12.5. The topological polar surface area (TPSA) is 50.9 Å². The van der Waals surface area contributed by atoms with Gasteiger partial charge in [-0.2, -0.15) is 5.10 Å². The van der Waals surface area contributed by atoms with Gasteiger partial charge in [-0.3, -0.25) is 4.99 Å². The van der Waals surface area contributed by atoms with Crippen LogP contribution in [0.25, 0.3) is 11.3 Å². The van der Waals surface area contributed by atoms with Crippen molar-refractivity contribution in [2.75, 3.05) is 25.6 Å². The van der Waals surface area contributed by atoms with Crippen molar-refractivity contribution in [1.29, 1.82) is 0 Å². The third-order valence-electron chi connectivity index (χ3n) is 5.40. The quantitative estimate of drug-likeness (QED) is 0.222. The van der Waals surface area contributed by atoms with Crippen molar-refractivity contribution in [3.63, 3.8) is 0 Å². The van der Waals surface area contributed by atoms with Crippen LogP contribution in [0.4, 0.5) is 15.8 Å². The number of nitrogens with one attached hydrogen (secondary N) is 1. The lowest BCUT2D eigenvalue weighted by atomic mass is 10.1. The van der Waals surface area contributed by atoms with Crippen molar-refractivity contribution in [3.8, 4) is 11.3 Å². The van der Waals surface area contributed by atoms with Gasteiger partial charge >= 0.3 is 0 Å². The molecule has 0 saturated heterocycles. The molecule has 0 unspecified atom stereocenters.